The highest BCUT2D eigenvalue weighted by atomic mass is 16.4. The number of carboxylic acids is 1. The molecular formula is C13H15O2. The molecule has 0 spiro atoms. The predicted octanol–water partition coefficient (Wildman–Crippen LogP) is 2.77. The van der Waals surface area contributed by atoms with E-state index >= 15 is 0 Å². The van der Waals surface area contributed by atoms with Gasteiger partial charge in [-0.05, 0) is 24.5 Å². The normalized spacial score (nSPS) is 19.7. The second-order valence-corrected chi connectivity index (χ2v) is 4.24. The summed E-state index contributed by atoms with van der Waals surface area (Å²) >= 11 is 0. The van der Waals surface area contributed by atoms with E-state index in [0.29, 0.717) is 0 Å². The van der Waals surface area contributed by atoms with Crippen molar-refractivity contribution in [2.45, 2.75) is 37.5 Å². The summed E-state index contributed by atoms with van der Waals surface area (Å²) in [7, 11) is 0. The van der Waals surface area contributed by atoms with Gasteiger partial charge in [0.05, 0.1) is 5.41 Å². The largest absolute Gasteiger partial charge is 0.481 e. The lowest BCUT2D eigenvalue weighted by Crippen LogP contribution is -2.37. The fourth-order valence-corrected chi connectivity index (χ4v) is 2.49. The van der Waals surface area contributed by atoms with Crippen molar-refractivity contribution >= 4 is 5.97 Å². The molecule has 79 valence electrons. The molecule has 0 bridgehead atoms. The maximum absolute atomic E-state index is 11.5. The van der Waals surface area contributed by atoms with Gasteiger partial charge >= 0.3 is 5.97 Å². The molecule has 0 unspecified atom stereocenters. The minimum Gasteiger partial charge on any atom is -0.481 e. The molecule has 1 saturated carbocycles. The Morgan fingerprint density at radius 2 is 1.80 bits per heavy atom. The molecule has 1 radical (unpaired) electrons. The van der Waals surface area contributed by atoms with E-state index in [1.807, 2.05) is 12.1 Å². The van der Waals surface area contributed by atoms with E-state index in [2.05, 4.69) is 6.07 Å². The van der Waals surface area contributed by atoms with Crippen LogP contribution in [0.5, 0.6) is 0 Å². The van der Waals surface area contributed by atoms with Crippen LogP contribution in [-0.2, 0) is 10.2 Å². The van der Waals surface area contributed by atoms with Crippen molar-refractivity contribution in [1.82, 2.24) is 0 Å². The highest BCUT2D eigenvalue weighted by Gasteiger charge is 2.40. The van der Waals surface area contributed by atoms with Gasteiger partial charge in [0, 0.05) is 0 Å². The van der Waals surface area contributed by atoms with E-state index in [-0.39, 0.29) is 0 Å². The van der Waals surface area contributed by atoms with Crippen molar-refractivity contribution in [2.24, 2.45) is 0 Å². The second-order valence-electron chi connectivity index (χ2n) is 4.24. The maximum atomic E-state index is 11.5. The third kappa shape index (κ3) is 1.76. The zero-order valence-electron chi connectivity index (χ0n) is 8.70. The molecule has 1 N–H and O–H groups in total. The van der Waals surface area contributed by atoms with Gasteiger partial charge in [-0.25, -0.2) is 0 Å². The zero-order chi connectivity index (χ0) is 10.7. The van der Waals surface area contributed by atoms with Crippen LogP contribution in [0.1, 0.15) is 37.7 Å². The fourth-order valence-electron chi connectivity index (χ4n) is 2.49. The first kappa shape index (κ1) is 10.2. The van der Waals surface area contributed by atoms with E-state index < -0.39 is 11.4 Å². The lowest BCUT2D eigenvalue weighted by Gasteiger charge is -2.33. The quantitative estimate of drug-likeness (QED) is 0.802. The molecule has 0 saturated heterocycles. The highest BCUT2D eigenvalue weighted by molar-refractivity contribution is 5.81. The molecule has 2 heteroatoms. The minimum atomic E-state index is -0.673. The van der Waals surface area contributed by atoms with Crippen LogP contribution in [0.2, 0.25) is 0 Å². The predicted molar refractivity (Wildman–Crippen MR) is 57.7 cm³/mol. The molecule has 2 nitrogen and oxygen atoms in total. The number of carbonyl (C=O) groups is 1. The van der Waals surface area contributed by atoms with Gasteiger partial charge in [-0.3, -0.25) is 4.79 Å². The summed E-state index contributed by atoms with van der Waals surface area (Å²) in [5.41, 5.74) is 0.307. The molecule has 1 aliphatic rings. The molecule has 2 rings (SSSR count). The number of carboxylic acid groups (broad SMARTS) is 1. The molecule has 0 aromatic heterocycles. The van der Waals surface area contributed by atoms with E-state index in [1.165, 1.54) is 0 Å². The Bertz CT molecular complexity index is 337. The molecule has 1 aliphatic carbocycles. The fraction of sp³-hybridized carbons (Fsp3) is 0.462. The number of benzene rings is 1. The summed E-state index contributed by atoms with van der Waals surface area (Å²) in [5, 5.41) is 9.43. The van der Waals surface area contributed by atoms with Crippen molar-refractivity contribution in [3.63, 3.8) is 0 Å². The molecule has 0 heterocycles. The highest BCUT2D eigenvalue weighted by Crippen LogP contribution is 2.39. The third-order valence-electron chi connectivity index (χ3n) is 3.39. The first-order chi connectivity index (χ1) is 7.26. The summed E-state index contributed by atoms with van der Waals surface area (Å²) in [5.74, 6) is -0.673. The van der Waals surface area contributed by atoms with Crippen molar-refractivity contribution in [3.05, 3.63) is 35.9 Å². The van der Waals surface area contributed by atoms with E-state index in [9.17, 15) is 9.90 Å². The van der Waals surface area contributed by atoms with Gasteiger partial charge in [0.25, 0.3) is 0 Å². The molecule has 1 aromatic carbocycles. The number of rotatable bonds is 2. The van der Waals surface area contributed by atoms with E-state index in [0.717, 1.165) is 37.7 Å². The van der Waals surface area contributed by atoms with E-state index in [4.69, 9.17) is 0 Å². The first-order valence-electron chi connectivity index (χ1n) is 5.46. The van der Waals surface area contributed by atoms with E-state index in [1.54, 1.807) is 12.1 Å². The minimum absolute atomic E-state index is 0.632. The number of hydrogen-bond donors (Lipinski definition) is 1. The second kappa shape index (κ2) is 4.05. The molecule has 0 amide bonds. The Kier molecular flexibility index (Phi) is 2.76. The topological polar surface area (TPSA) is 37.3 Å². The summed E-state index contributed by atoms with van der Waals surface area (Å²) in [6, 6.07) is 10.3. The third-order valence-corrected chi connectivity index (χ3v) is 3.39. The van der Waals surface area contributed by atoms with Crippen LogP contribution in [0.25, 0.3) is 0 Å². The van der Waals surface area contributed by atoms with Crippen LogP contribution >= 0.6 is 0 Å². The Hall–Kier alpha value is -1.31. The van der Waals surface area contributed by atoms with Gasteiger partial charge in [-0.2, -0.15) is 0 Å². The van der Waals surface area contributed by atoms with Crippen molar-refractivity contribution < 1.29 is 9.90 Å². The molecule has 0 atom stereocenters. The van der Waals surface area contributed by atoms with Gasteiger partial charge in [-0.1, -0.05) is 43.5 Å². The number of aliphatic carboxylic acids is 1. The van der Waals surface area contributed by atoms with Crippen LogP contribution in [0.4, 0.5) is 0 Å². The van der Waals surface area contributed by atoms with Gasteiger partial charge in [0.2, 0.25) is 0 Å². The zero-order valence-corrected chi connectivity index (χ0v) is 8.70. The van der Waals surface area contributed by atoms with Gasteiger partial charge in [-0.15, -0.1) is 0 Å². The van der Waals surface area contributed by atoms with Crippen molar-refractivity contribution in [2.75, 3.05) is 0 Å². The lowest BCUT2D eigenvalue weighted by molar-refractivity contribution is -0.145. The summed E-state index contributed by atoms with van der Waals surface area (Å²) < 4.78 is 0. The van der Waals surface area contributed by atoms with Crippen LogP contribution in [0, 0.1) is 6.07 Å². The van der Waals surface area contributed by atoms with Crippen molar-refractivity contribution in [1.29, 1.82) is 0 Å². The Morgan fingerprint density at radius 3 is 2.33 bits per heavy atom. The molecule has 1 fully saturated rings. The number of hydrogen-bond acceptors (Lipinski definition) is 1. The standard InChI is InChI=1S/C13H15O2/c14-12(15)13(9-5-2-6-10-13)11-7-3-1-4-8-11/h3-4,7-8H,2,5-6,9-10H2,(H,14,15). The Morgan fingerprint density at radius 1 is 1.20 bits per heavy atom. The lowest BCUT2D eigenvalue weighted by atomic mass is 9.69. The van der Waals surface area contributed by atoms with Crippen LogP contribution < -0.4 is 0 Å². The van der Waals surface area contributed by atoms with Crippen LogP contribution in [0.15, 0.2) is 24.3 Å². The SMILES string of the molecule is O=C(O)C1(c2cc[c]cc2)CCCCC1. The Labute approximate surface area is 89.9 Å². The average molecular weight is 203 g/mol. The summed E-state index contributed by atoms with van der Waals surface area (Å²) in [6.45, 7) is 0. The van der Waals surface area contributed by atoms with Crippen LogP contribution in [-0.4, -0.2) is 11.1 Å². The molecular weight excluding hydrogens is 188 g/mol. The van der Waals surface area contributed by atoms with Gasteiger partial charge < -0.3 is 5.11 Å². The van der Waals surface area contributed by atoms with Crippen LogP contribution in [0.3, 0.4) is 0 Å². The summed E-state index contributed by atoms with van der Waals surface area (Å²) in [4.78, 5) is 11.5. The van der Waals surface area contributed by atoms with Gasteiger partial charge in [0.15, 0.2) is 0 Å². The molecule has 0 aliphatic heterocycles. The van der Waals surface area contributed by atoms with Gasteiger partial charge in [0.1, 0.15) is 0 Å². The molecule has 15 heavy (non-hydrogen) atoms. The monoisotopic (exact) mass is 203 g/mol. The summed E-state index contributed by atoms with van der Waals surface area (Å²) in [6.07, 6.45) is 4.74. The first-order valence-corrected chi connectivity index (χ1v) is 5.46. The maximum Gasteiger partial charge on any atom is 0.314 e. The van der Waals surface area contributed by atoms with Crippen molar-refractivity contribution in [3.8, 4) is 0 Å². The smallest absolute Gasteiger partial charge is 0.314 e. The average Bonchev–Trinajstić information content (AvgIpc) is 2.31. The Balaban J connectivity index is 2.38. The molecule has 1 aromatic rings.